The normalized spacial score (nSPS) is 10.5. The number of aliphatic hydroxyl groups excluding tert-OH is 1. The lowest BCUT2D eigenvalue weighted by molar-refractivity contribution is 0.281. The fourth-order valence-electron chi connectivity index (χ4n) is 1.45. The van der Waals surface area contributed by atoms with Gasteiger partial charge in [0, 0.05) is 4.47 Å². The quantitative estimate of drug-likeness (QED) is 0.864. The Morgan fingerprint density at radius 2 is 2.08 bits per heavy atom. The maximum Gasteiger partial charge on any atom is 0.0692 e. The van der Waals surface area contributed by atoms with E-state index in [0.717, 1.165) is 22.9 Å². The third-order valence-electron chi connectivity index (χ3n) is 2.23. The van der Waals surface area contributed by atoms with Gasteiger partial charge in [0.15, 0.2) is 0 Å². The lowest BCUT2D eigenvalue weighted by Crippen LogP contribution is -1.95. The van der Waals surface area contributed by atoms with Crippen LogP contribution in [0, 0.1) is 6.92 Å². The van der Waals surface area contributed by atoms with E-state index in [1.165, 1.54) is 11.1 Å². The summed E-state index contributed by atoms with van der Waals surface area (Å²) in [6.07, 6.45) is 2.20. The fraction of sp³-hybridized carbons (Fsp3) is 0.455. The van der Waals surface area contributed by atoms with Crippen LogP contribution in [0.25, 0.3) is 0 Å². The summed E-state index contributed by atoms with van der Waals surface area (Å²) in [7, 11) is 0. The molecular weight excluding hydrogens is 228 g/mol. The second-order valence-corrected chi connectivity index (χ2v) is 4.04. The highest BCUT2D eigenvalue weighted by Gasteiger charge is 2.06. The Bertz CT molecular complexity index is 294. The number of hydrogen-bond donors (Lipinski definition) is 1. The molecule has 1 nitrogen and oxygen atoms in total. The first-order valence-electron chi connectivity index (χ1n) is 4.58. The van der Waals surface area contributed by atoms with Gasteiger partial charge in [0.05, 0.1) is 6.61 Å². The highest BCUT2D eigenvalue weighted by atomic mass is 79.9. The Hall–Kier alpha value is -0.340. The third kappa shape index (κ3) is 2.32. The molecule has 1 aromatic rings. The lowest BCUT2D eigenvalue weighted by atomic mass is 10.0. The summed E-state index contributed by atoms with van der Waals surface area (Å²) in [6.45, 7) is 4.38. The summed E-state index contributed by atoms with van der Waals surface area (Å²) in [5, 5.41) is 9.07. The smallest absolute Gasteiger partial charge is 0.0692 e. The Morgan fingerprint density at radius 3 is 2.62 bits per heavy atom. The molecule has 0 aromatic heterocycles. The Labute approximate surface area is 87.9 Å². The molecular formula is C11H15BrO. The first kappa shape index (κ1) is 10.7. The van der Waals surface area contributed by atoms with Crippen molar-refractivity contribution < 1.29 is 5.11 Å². The summed E-state index contributed by atoms with van der Waals surface area (Å²) >= 11 is 3.53. The maximum atomic E-state index is 9.07. The fourth-order valence-corrected chi connectivity index (χ4v) is 2.21. The van der Waals surface area contributed by atoms with Crippen LogP contribution in [0.3, 0.4) is 0 Å². The van der Waals surface area contributed by atoms with E-state index in [1.807, 2.05) is 6.07 Å². The zero-order valence-corrected chi connectivity index (χ0v) is 9.69. The van der Waals surface area contributed by atoms with E-state index in [4.69, 9.17) is 5.11 Å². The third-order valence-corrected chi connectivity index (χ3v) is 3.22. The van der Waals surface area contributed by atoms with Crippen molar-refractivity contribution in [2.24, 2.45) is 0 Å². The first-order valence-corrected chi connectivity index (χ1v) is 5.37. The molecule has 0 amide bonds. The van der Waals surface area contributed by atoms with E-state index in [2.05, 4.69) is 35.8 Å². The Balaban J connectivity index is 3.13. The molecule has 0 fully saturated rings. The van der Waals surface area contributed by atoms with Gasteiger partial charge in [-0.2, -0.15) is 0 Å². The van der Waals surface area contributed by atoms with Crippen LogP contribution in [0.2, 0.25) is 0 Å². The molecule has 0 aliphatic rings. The zero-order chi connectivity index (χ0) is 9.84. The number of hydrogen-bond acceptors (Lipinski definition) is 1. The van der Waals surface area contributed by atoms with Gasteiger partial charge >= 0.3 is 0 Å². The maximum absolute atomic E-state index is 9.07. The molecule has 1 rings (SSSR count). The molecule has 1 N–H and O–H groups in total. The second kappa shape index (κ2) is 4.77. The van der Waals surface area contributed by atoms with Crippen LogP contribution in [0.4, 0.5) is 0 Å². The summed E-state index contributed by atoms with van der Waals surface area (Å²) in [5.41, 5.74) is 3.61. The molecule has 0 spiro atoms. The molecule has 0 heterocycles. The standard InChI is InChI=1S/C11H15BrO/c1-3-4-10-8(2)5-6-9(7-13)11(10)12/h5-6,13H,3-4,7H2,1-2H3. The van der Waals surface area contributed by atoms with Crippen molar-refractivity contribution in [3.05, 3.63) is 33.3 Å². The van der Waals surface area contributed by atoms with Gasteiger partial charge in [-0.05, 0) is 30.0 Å². The van der Waals surface area contributed by atoms with Gasteiger partial charge in [0.2, 0.25) is 0 Å². The minimum absolute atomic E-state index is 0.109. The van der Waals surface area contributed by atoms with Crippen molar-refractivity contribution >= 4 is 15.9 Å². The number of aliphatic hydroxyl groups is 1. The van der Waals surface area contributed by atoms with Crippen molar-refractivity contribution in [3.63, 3.8) is 0 Å². The van der Waals surface area contributed by atoms with Crippen LogP contribution in [-0.2, 0) is 13.0 Å². The zero-order valence-electron chi connectivity index (χ0n) is 8.10. The monoisotopic (exact) mass is 242 g/mol. The molecule has 0 bridgehead atoms. The molecule has 2 heteroatoms. The lowest BCUT2D eigenvalue weighted by Gasteiger charge is -2.10. The van der Waals surface area contributed by atoms with E-state index < -0.39 is 0 Å². The van der Waals surface area contributed by atoms with Gasteiger partial charge in [-0.3, -0.25) is 0 Å². The minimum Gasteiger partial charge on any atom is -0.392 e. The van der Waals surface area contributed by atoms with Crippen LogP contribution in [0.5, 0.6) is 0 Å². The summed E-state index contributed by atoms with van der Waals surface area (Å²) in [5.74, 6) is 0. The second-order valence-electron chi connectivity index (χ2n) is 3.24. The first-order chi connectivity index (χ1) is 6.20. The molecule has 0 aliphatic heterocycles. The van der Waals surface area contributed by atoms with Gasteiger partial charge < -0.3 is 5.11 Å². The average Bonchev–Trinajstić information content (AvgIpc) is 2.12. The number of aryl methyl sites for hydroxylation is 1. The van der Waals surface area contributed by atoms with E-state index >= 15 is 0 Å². The summed E-state index contributed by atoms with van der Waals surface area (Å²) in [6, 6.07) is 4.04. The van der Waals surface area contributed by atoms with E-state index in [0.29, 0.717) is 0 Å². The largest absolute Gasteiger partial charge is 0.392 e. The Morgan fingerprint density at radius 1 is 1.38 bits per heavy atom. The molecule has 0 saturated carbocycles. The van der Waals surface area contributed by atoms with Gasteiger partial charge in [-0.15, -0.1) is 0 Å². The SMILES string of the molecule is CCCc1c(C)ccc(CO)c1Br. The van der Waals surface area contributed by atoms with Gasteiger partial charge in [0.25, 0.3) is 0 Å². The van der Waals surface area contributed by atoms with Crippen molar-refractivity contribution in [3.8, 4) is 0 Å². The van der Waals surface area contributed by atoms with Crippen molar-refractivity contribution in [1.82, 2.24) is 0 Å². The van der Waals surface area contributed by atoms with Crippen molar-refractivity contribution in [1.29, 1.82) is 0 Å². The van der Waals surface area contributed by atoms with Crippen LogP contribution < -0.4 is 0 Å². The molecule has 72 valence electrons. The Kier molecular flexibility index (Phi) is 3.94. The highest BCUT2D eigenvalue weighted by Crippen LogP contribution is 2.26. The summed E-state index contributed by atoms with van der Waals surface area (Å²) < 4.78 is 1.08. The molecule has 13 heavy (non-hydrogen) atoms. The molecule has 0 aliphatic carbocycles. The van der Waals surface area contributed by atoms with Crippen molar-refractivity contribution in [2.45, 2.75) is 33.3 Å². The average molecular weight is 243 g/mol. The predicted octanol–water partition coefficient (Wildman–Crippen LogP) is 3.20. The predicted molar refractivity (Wildman–Crippen MR) is 58.8 cm³/mol. The molecule has 0 unspecified atom stereocenters. The number of benzene rings is 1. The van der Waals surface area contributed by atoms with Gasteiger partial charge in [0.1, 0.15) is 0 Å². The topological polar surface area (TPSA) is 20.2 Å². The molecule has 1 aromatic carbocycles. The highest BCUT2D eigenvalue weighted by molar-refractivity contribution is 9.10. The van der Waals surface area contributed by atoms with Crippen molar-refractivity contribution in [2.75, 3.05) is 0 Å². The van der Waals surface area contributed by atoms with Crippen LogP contribution in [-0.4, -0.2) is 5.11 Å². The molecule has 0 radical (unpaired) electrons. The van der Waals surface area contributed by atoms with Gasteiger partial charge in [-0.1, -0.05) is 41.4 Å². The molecule has 0 saturated heterocycles. The van der Waals surface area contributed by atoms with E-state index in [9.17, 15) is 0 Å². The van der Waals surface area contributed by atoms with E-state index in [1.54, 1.807) is 0 Å². The van der Waals surface area contributed by atoms with Crippen LogP contribution in [0.15, 0.2) is 16.6 Å². The van der Waals surface area contributed by atoms with Crippen LogP contribution >= 0.6 is 15.9 Å². The van der Waals surface area contributed by atoms with E-state index in [-0.39, 0.29) is 6.61 Å². The number of halogens is 1. The van der Waals surface area contributed by atoms with Crippen LogP contribution in [0.1, 0.15) is 30.0 Å². The molecule has 0 atom stereocenters. The number of rotatable bonds is 3. The van der Waals surface area contributed by atoms with Gasteiger partial charge in [-0.25, -0.2) is 0 Å². The summed E-state index contributed by atoms with van der Waals surface area (Å²) in [4.78, 5) is 0. The minimum atomic E-state index is 0.109.